The third-order valence-electron chi connectivity index (χ3n) is 4.29. The number of ether oxygens (including phenoxy) is 1. The van der Waals surface area contributed by atoms with Gasteiger partial charge < -0.3 is 20.4 Å². The summed E-state index contributed by atoms with van der Waals surface area (Å²) < 4.78 is 5.74. The van der Waals surface area contributed by atoms with E-state index in [1.165, 1.54) is 5.56 Å². The second kappa shape index (κ2) is 9.07. The van der Waals surface area contributed by atoms with Crippen molar-refractivity contribution in [3.8, 4) is 5.75 Å². The van der Waals surface area contributed by atoms with Crippen LogP contribution in [0.15, 0.2) is 47.5 Å². The number of hydrogen-bond acceptors (Lipinski definition) is 3. The SMILES string of the molecule is CCOc1cc(C)ccc1CNC(=NC)NCCc1nc2ccccc2[nH]1. The van der Waals surface area contributed by atoms with Crippen LogP contribution in [-0.2, 0) is 13.0 Å². The third-order valence-corrected chi connectivity index (χ3v) is 4.29. The highest BCUT2D eigenvalue weighted by Gasteiger charge is 2.06. The summed E-state index contributed by atoms with van der Waals surface area (Å²) in [6, 6.07) is 14.3. The molecule has 0 aliphatic carbocycles. The van der Waals surface area contributed by atoms with Crippen molar-refractivity contribution in [2.75, 3.05) is 20.2 Å². The van der Waals surface area contributed by atoms with Crippen LogP contribution < -0.4 is 15.4 Å². The normalized spacial score (nSPS) is 11.6. The van der Waals surface area contributed by atoms with Crippen molar-refractivity contribution >= 4 is 17.0 Å². The number of benzene rings is 2. The van der Waals surface area contributed by atoms with Gasteiger partial charge in [0, 0.05) is 32.1 Å². The Morgan fingerprint density at radius 1 is 1.19 bits per heavy atom. The molecule has 0 radical (unpaired) electrons. The lowest BCUT2D eigenvalue weighted by Crippen LogP contribution is -2.38. The number of nitrogens with one attached hydrogen (secondary N) is 3. The van der Waals surface area contributed by atoms with Gasteiger partial charge in [0.15, 0.2) is 5.96 Å². The molecule has 0 spiro atoms. The summed E-state index contributed by atoms with van der Waals surface area (Å²) in [6.07, 6.45) is 0.796. The van der Waals surface area contributed by atoms with Crippen LogP contribution in [0.3, 0.4) is 0 Å². The zero-order chi connectivity index (χ0) is 19.1. The first-order chi connectivity index (χ1) is 13.2. The van der Waals surface area contributed by atoms with Crippen molar-refractivity contribution in [2.45, 2.75) is 26.8 Å². The molecule has 0 saturated carbocycles. The van der Waals surface area contributed by atoms with E-state index in [4.69, 9.17) is 4.74 Å². The molecule has 2 aromatic carbocycles. The highest BCUT2D eigenvalue weighted by molar-refractivity contribution is 5.79. The van der Waals surface area contributed by atoms with E-state index in [9.17, 15) is 0 Å². The number of hydrogen-bond donors (Lipinski definition) is 3. The Morgan fingerprint density at radius 3 is 2.81 bits per heavy atom. The van der Waals surface area contributed by atoms with Gasteiger partial charge in [0.25, 0.3) is 0 Å². The first-order valence-corrected chi connectivity index (χ1v) is 9.30. The number of aromatic nitrogens is 2. The summed E-state index contributed by atoms with van der Waals surface area (Å²) in [4.78, 5) is 12.2. The van der Waals surface area contributed by atoms with Gasteiger partial charge in [-0.3, -0.25) is 4.99 Å². The molecular weight excluding hydrogens is 338 g/mol. The molecule has 3 rings (SSSR count). The Balaban J connectivity index is 1.52. The second-order valence-corrected chi connectivity index (χ2v) is 6.35. The molecule has 0 bridgehead atoms. The summed E-state index contributed by atoms with van der Waals surface area (Å²) in [7, 11) is 1.77. The van der Waals surface area contributed by atoms with Crippen molar-refractivity contribution in [3.05, 3.63) is 59.4 Å². The van der Waals surface area contributed by atoms with Crippen molar-refractivity contribution < 1.29 is 4.74 Å². The van der Waals surface area contributed by atoms with Crippen LogP contribution in [0.5, 0.6) is 5.75 Å². The maximum absolute atomic E-state index is 5.74. The van der Waals surface area contributed by atoms with E-state index in [1.807, 2.05) is 31.2 Å². The van der Waals surface area contributed by atoms with Gasteiger partial charge in [-0.25, -0.2) is 4.98 Å². The maximum atomic E-state index is 5.74. The average molecular weight is 365 g/mol. The van der Waals surface area contributed by atoms with Crippen molar-refractivity contribution in [1.29, 1.82) is 0 Å². The fraction of sp³-hybridized carbons (Fsp3) is 0.333. The number of rotatable bonds is 7. The third kappa shape index (κ3) is 5.00. The number of fused-ring (bicyclic) bond motifs is 1. The monoisotopic (exact) mass is 365 g/mol. The van der Waals surface area contributed by atoms with Gasteiger partial charge in [0.1, 0.15) is 11.6 Å². The van der Waals surface area contributed by atoms with Crippen molar-refractivity contribution in [3.63, 3.8) is 0 Å². The first kappa shape index (κ1) is 18.8. The van der Waals surface area contributed by atoms with Crippen molar-refractivity contribution in [1.82, 2.24) is 20.6 Å². The van der Waals surface area contributed by atoms with E-state index in [0.717, 1.165) is 47.1 Å². The van der Waals surface area contributed by atoms with Gasteiger partial charge in [0.05, 0.1) is 17.6 Å². The maximum Gasteiger partial charge on any atom is 0.191 e. The van der Waals surface area contributed by atoms with Crippen LogP contribution in [0.25, 0.3) is 11.0 Å². The Bertz CT molecular complexity index is 883. The topological polar surface area (TPSA) is 74.3 Å². The smallest absolute Gasteiger partial charge is 0.191 e. The summed E-state index contributed by atoms with van der Waals surface area (Å²) in [5, 5.41) is 6.68. The van der Waals surface area contributed by atoms with Gasteiger partial charge in [0.2, 0.25) is 0 Å². The molecule has 0 unspecified atom stereocenters. The lowest BCUT2D eigenvalue weighted by molar-refractivity contribution is 0.336. The van der Waals surface area contributed by atoms with Crippen LogP contribution >= 0.6 is 0 Å². The number of aromatic amines is 1. The minimum atomic E-state index is 0.653. The Morgan fingerprint density at radius 2 is 2.04 bits per heavy atom. The van der Waals surface area contributed by atoms with Gasteiger partial charge in [-0.2, -0.15) is 0 Å². The zero-order valence-corrected chi connectivity index (χ0v) is 16.2. The van der Waals surface area contributed by atoms with E-state index < -0.39 is 0 Å². The van der Waals surface area contributed by atoms with Gasteiger partial charge >= 0.3 is 0 Å². The molecule has 0 atom stereocenters. The number of aliphatic imine (C=N–C) groups is 1. The summed E-state index contributed by atoms with van der Waals surface area (Å²) in [5.74, 6) is 2.65. The quantitative estimate of drug-likeness (QED) is 0.444. The number of guanidine groups is 1. The number of aryl methyl sites for hydroxylation is 1. The Hall–Kier alpha value is -3.02. The second-order valence-electron chi connectivity index (χ2n) is 6.35. The van der Waals surface area contributed by atoms with Gasteiger partial charge in [-0.15, -0.1) is 0 Å². The number of H-pyrrole nitrogens is 1. The Labute approximate surface area is 160 Å². The van der Waals surface area contributed by atoms with Crippen LogP contribution in [-0.4, -0.2) is 36.1 Å². The molecule has 1 heterocycles. The number of nitrogens with zero attached hydrogens (tertiary/aromatic N) is 2. The summed E-state index contributed by atoms with van der Waals surface area (Å²) >= 11 is 0. The minimum Gasteiger partial charge on any atom is -0.494 e. The van der Waals surface area contributed by atoms with E-state index in [0.29, 0.717) is 13.2 Å². The Kier molecular flexibility index (Phi) is 6.30. The van der Waals surface area contributed by atoms with E-state index in [2.05, 4.69) is 50.7 Å². The van der Waals surface area contributed by atoms with Crippen LogP contribution in [0.4, 0.5) is 0 Å². The highest BCUT2D eigenvalue weighted by Crippen LogP contribution is 2.20. The van der Waals surface area contributed by atoms with Crippen LogP contribution in [0, 0.1) is 6.92 Å². The predicted octanol–water partition coefficient (Wildman–Crippen LogP) is 3.18. The fourth-order valence-corrected chi connectivity index (χ4v) is 2.92. The molecule has 6 nitrogen and oxygen atoms in total. The first-order valence-electron chi connectivity index (χ1n) is 9.30. The predicted molar refractivity (Wildman–Crippen MR) is 110 cm³/mol. The standard InChI is InChI=1S/C21H27N5O/c1-4-27-19-13-15(2)9-10-16(19)14-24-21(22-3)23-12-11-20-25-17-7-5-6-8-18(17)26-20/h5-10,13H,4,11-12,14H2,1-3H3,(H,25,26)(H2,22,23,24). The molecule has 0 aliphatic rings. The minimum absolute atomic E-state index is 0.653. The lowest BCUT2D eigenvalue weighted by Gasteiger charge is -2.14. The molecule has 0 aliphatic heterocycles. The van der Waals surface area contributed by atoms with Crippen LogP contribution in [0.1, 0.15) is 23.9 Å². The molecular formula is C21H27N5O. The van der Waals surface area contributed by atoms with Gasteiger partial charge in [-0.05, 0) is 37.6 Å². The molecule has 1 aromatic heterocycles. The highest BCUT2D eigenvalue weighted by atomic mass is 16.5. The van der Waals surface area contributed by atoms with Gasteiger partial charge in [-0.1, -0.05) is 24.3 Å². The molecule has 6 heteroatoms. The van der Waals surface area contributed by atoms with Crippen LogP contribution in [0.2, 0.25) is 0 Å². The number of imidazole rings is 1. The molecule has 3 N–H and O–H groups in total. The molecule has 3 aromatic rings. The van der Waals surface area contributed by atoms with E-state index >= 15 is 0 Å². The summed E-state index contributed by atoms with van der Waals surface area (Å²) in [5.41, 5.74) is 4.37. The molecule has 0 amide bonds. The summed E-state index contributed by atoms with van der Waals surface area (Å²) in [6.45, 7) is 6.11. The van der Waals surface area contributed by atoms with E-state index in [1.54, 1.807) is 7.05 Å². The zero-order valence-electron chi connectivity index (χ0n) is 16.2. The largest absolute Gasteiger partial charge is 0.494 e. The lowest BCUT2D eigenvalue weighted by atomic mass is 10.1. The van der Waals surface area contributed by atoms with E-state index in [-0.39, 0.29) is 0 Å². The molecule has 0 saturated heterocycles. The molecule has 0 fully saturated rings. The fourth-order valence-electron chi connectivity index (χ4n) is 2.92. The number of para-hydroxylation sites is 2. The average Bonchev–Trinajstić information content (AvgIpc) is 3.09. The molecule has 142 valence electrons. The van der Waals surface area contributed by atoms with Crippen molar-refractivity contribution in [2.24, 2.45) is 4.99 Å². The molecule has 27 heavy (non-hydrogen) atoms.